The number of nitrogens with zero attached hydrogens (tertiary/aromatic N) is 4. The van der Waals surface area contributed by atoms with Gasteiger partial charge in [0.2, 0.25) is 11.9 Å². The highest BCUT2D eigenvalue weighted by molar-refractivity contribution is 5.92. The van der Waals surface area contributed by atoms with Gasteiger partial charge in [-0.1, -0.05) is 12.1 Å². The summed E-state index contributed by atoms with van der Waals surface area (Å²) in [6.45, 7) is 3.40. The van der Waals surface area contributed by atoms with E-state index in [0.717, 1.165) is 31.6 Å². The molecule has 0 atom stereocenters. The van der Waals surface area contributed by atoms with Gasteiger partial charge < -0.3 is 10.2 Å². The molecule has 8 heteroatoms. The maximum absolute atomic E-state index is 13.4. The van der Waals surface area contributed by atoms with Crippen LogP contribution in [0.1, 0.15) is 18.5 Å². The van der Waals surface area contributed by atoms with Crippen LogP contribution in [0.3, 0.4) is 0 Å². The zero-order valence-electron chi connectivity index (χ0n) is 15.5. The Hall–Kier alpha value is -3.29. The monoisotopic (exact) mass is 380 g/mol. The first-order valence-electron chi connectivity index (χ1n) is 9.25. The van der Waals surface area contributed by atoms with Crippen LogP contribution in [0.25, 0.3) is 11.3 Å². The summed E-state index contributed by atoms with van der Waals surface area (Å²) in [5.74, 6) is 0.694. The van der Waals surface area contributed by atoms with Crippen molar-refractivity contribution in [2.24, 2.45) is 5.92 Å². The van der Waals surface area contributed by atoms with E-state index >= 15 is 0 Å². The van der Waals surface area contributed by atoms with Crippen LogP contribution in [0.2, 0.25) is 0 Å². The van der Waals surface area contributed by atoms with E-state index in [1.807, 2.05) is 13.0 Å². The minimum atomic E-state index is -0.318. The molecule has 1 fully saturated rings. The minimum Gasteiger partial charge on any atom is -0.341 e. The normalized spacial score (nSPS) is 14.9. The lowest BCUT2D eigenvalue weighted by Gasteiger charge is -2.31. The number of carbonyl (C=O) groups is 1. The molecule has 0 spiro atoms. The molecule has 4 rings (SSSR count). The molecular weight excluding hydrogens is 359 g/mol. The van der Waals surface area contributed by atoms with Crippen LogP contribution >= 0.6 is 0 Å². The average molecular weight is 380 g/mol. The molecule has 0 radical (unpaired) electrons. The summed E-state index contributed by atoms with van der Waals surface area (Å²) in [5, 5.41) is 9.81. The number of nitrogens with one attached hydrogen (secondary N) is 2. The third-order valence-corrected chi connectivity index (χ3v) is 4.90. The van der Waals surface area contributed by atoms with Crippen molar-refractivity contribution in [3.63, 3.8) is 0 Å². The molecule has 1 aliphatic heterocycles. The van der Waals surface area contributed by atoms with E-state index in [0.29, 0.717) is 23.0 Å². The summed E-state index contributed by atoms with van der Waals surface area (Å²) in [4.78, 5) is 23.5. The number of aryl methyl sites for hydroxylation is 1. The van der Waals surface area contributed by atoms with Gasteiger partial charge in [-0.3, -0.25) is 9.89 Å². The number of aromatic nitrogens is 4. The van der Waals surface area contributed by atoms with Gasteiger partial charge in [0.05, 0.1) is 5.69 Å². The lowest BCUT2D eigenvalue weighted by atomic mass is 9.96. The van der Waals surface area contributed by atoms with Crippen molar-refractivity contribution in [3.8, 4) is 11.3 Å². The highest BCUT2D eigenvalue weighted by atomic mass is 19.1. The fraction of sp³-hybridized carbons (Fsp3) is 0.300. The van der Waals surface area contributed by atoms with Gasteiger partial charge in [-0.25, -0.2) is 14.4 Å². The Balaban J connectivity index is 1.35. The van der Waals surface area contributed by atoms with Crippen LogP contribution in [0.15, 0.2) is 42.6 Å². The molecule has 3 heterocycles. The number of piperidine rings is 1. The summed E-state index contributed by atoms with van der Waals surface area (Å²) in [5.41, 5.74) is 2.26. The number of carbonyl (C=O) groups excluding carboxylic acids is 1. The zero-order valence-corrected chi connectivity index (χ0v) is 15.5. The third kappa shape index (κ3) is 4.00. The Kier molecular flexibility index (Phi) is 5.01. The maximum Gasteiger partial charge on any atom is 0.228 e. The predicted octanol–water partition coefficient (Wildman–Crippen LogP) is 3.17. The number of aromatic amines is 1. The Morgan fingerprint density at radius 3 is 2.82 bits per heavy atom. The molecule has 1 aromatic carbocycles. The van der Waals surface area contributed by atoms with Crippen molar-refractivity contribution in [2.45, 2.75) is 19.8 Å². The van der Waals surface area contributed by atoms with Gasteiger partial charge in [-0.2, -0.15) is 5.10 Å². The first-order valence-corrected chi connectivity index (χ1v) is 9.25. The van der Waals surface area contributed by atoms with Crippen LogP contribution in [0, 0.1) is 18.7 Å². The molecule has 2 aromatic heterocycles. The van der Waals surface area contributed by atoms with E-state index in [9.17, 15) is 9.18 Å². The van der Waals surface area contributed by atoms with Crippen LogP contribution < -0.4 is 10.2 Å². The smallest absolute Gasteiger partial charge is 0.228 e. The SMILES string of the molecule is Cc1ccnc(N2CCC(C(=O)Nc3cc(-c4cccc(F)c4)[nH]n3)CC2)n1. The first-order chi connectivity index (χ1) is 13.6. The molecule has 0 saturated carbocycles. The van der Waals surface area contributed by atoms with E-state index < -0.39 is 0 Å². The van der Waals surface area contributed by atoms with Gasteiger partial charge in [-0.05, 0) is 38.0 Å². The lowest BCUT2D eigenvalue weighted by molar-refractivity contribution is -0.120. The standard InChI is InChI=1S/C20H21FN6O/c1-13-5-8-22-20(23-13)27-9-6-14(7-10-27)19(28)24-18-12-17(25-26-18)15-3-2-4-16(21)11-15/h2-5,8,11-12,14H,6-7,9-10H2,1H3,(H2,24,25,26,28). The molecule has 144 valence electrons. The molecule has 1 aliphatic rings. The number of hydrogen-bond donors (Lipinski definition) is 2. The molecule has 3 aromatic rings. The van der Waals surface area contributed by atoms with Gasteiger partial charge in [0.25, 0.3) is 0 Å². The second-order valence-corrected chi connectivity index (χ2v) is 6.93. The minimum absolute atomic E-state index is 0.0536. The van der Waals surface area contributed by atoms with E-state index in [1.54, 1.807) is 24.4 Å². The summed E-state index contributed by atoms with van der Waals surface area (Å²) < 4.78 is 13.4. The van der Waals surface area contributed by atoms with Gasteiger partial charge in [0.1, 0.15) is 5.82 Å². The fourth-order valence-corrected chi connectivity index (χ4v) is 3.35. The largest absolute Gasteiger partial charge is 0.341 e. The number of benzene rings is 1. The number of H-pyrrole nitrogens is 1. The Morgan fingerprint density at radius 2 is 2.07 bits per heavy atom. The number of rotatable bonds is 4. The second-order valence-electron chi connectivity index (χ2n) is 6.93. The molecule has 2 N–H and O–H groups in total. The topological polar surface area (TPSA) is 86.8 Å². The van der Waals surface area contributed by atoms with Crippen molar-refractivity contribution >= 4 is 17.7 Å². The van der Waals surface area contributed by atoms with Crippen LogP contribution in [-0.4, -0.2) is 39.2 Å². The van der Waals surface area contributed by atoms with Gasteiger partial charge in [0.15, 0.2) is 5.82 Å². The van der Waals surface area contributed by atoms with Crippen molar-refractivity contribution in [2.75, 3.05) is 23.3 Å². The zero-order chi connectivity index (χ0) is 19.5. The van der Waals surface area contributed by atoms with E-state index in [-0.39, 0.29) is 17.6 Å². The number of halogens is 1. The maximum atomic E-state index is 13.4. The summed E-state index contributed by atoms with van der Waals surface area (Å²) >= 11 is 0. The van der Waals surface area contributed by atoms with Crippen LogP contribution in [-0.2, 0) is 4.79 Å². The molecule has 7 nitrogen and oxygen atoms in total. The van der Waals surface area contributed by atoms with Gasteiger partial charge in [-0.15, -0.1) is 0 Å². The molecule has 0 aliphatic carbocycles. The molecule has 1 amide bonds. The van der Waals surface area contributed by atoms with E-state index in [4.69, 9.17) is 0 Å². The molecule has 0 unspecified atom stereocenters. The van der Waals surface area contributed by atoms with Crippen molar-refractivity contribution in [1.29, 1.82) is 0 Å². The molecule has 0 bridgehead atoms. The van der Waals surface area contributed by atoms with Gasteiger partial charge in [0, 0.05) is 42.5 Å². The van der Waals surface area contributed by atoms with E-state index in [1.165, 1.54) is 12.1 Å². The Labute approximate surface area is 162 Å². The van der Waals surface area contributed by atoms with Crippen molar-refractivity contribution < 1.29 is 9.18 Å². The van der Waals surface area contributed by atoms with Crippen molar-refractivity contribution in [1.82, 2.24) is 20.2 Å². The first kappa shape index (κ1) is 18.1. The van der Waals surface area contributed by atoms with Crippen molar-refractivity contribution in [3.05, 3.63) is 54.1 Å². The third-order valence-electron chi connectivity index (χ3n) is 4.90. The molecule has 1 saturated heterocycles. The second kappa shape index (κ2) is 7.75. The lowest BCUT2D eigenvalue weighted by Crippen LogP contribution is -2.39. The highest BCUT2D eigenvalue weighted by Crippen LogP contribution is 2.24. The number of anilines is 2. The molecule has 28 heavy (non-hydrogen) atoms. The Morgan fingerprint density at radius 1 is 1.25 bits per heavy atom. The number of amides is 1. The summed E-state index contributed by atoms with van der Waals surface area (Å²) in [6.07, 6.45) is 3.21. The van der Waals surface area contributed by atoms with E-state index in [2.05, 4.69) is 30.4 Å². The number of hydrogen-bond acceptors (Lipinski definition) is 5. The van der Waals surface area contributed by atoms with Crippen LogP contribution in [0.4, 0.5) is 16.2 Å². The quantitative estimate of drug-likeness (QED) is 0.726. The summed E-state index contributed by atoms with van der Waals surface area (Å²) in [6, 6.07) is 9.80. The predicted molar refractivity (Wildman–Crippen MR) is 104 cm³/mol. The van der Waals surface area contributed by atoms with Crippen LogP contribution in [0.5, 0.6) is 0 Å². The Bertz CT molecular complexity index is 980. The fourth-order valence-electron chi connectivity index (χ4n) is 3.35. The average Bonchev–Trinajstić information content (AvgIpc) is 3.17. The highest BCUT2D eigenvalue weighted by Gasteiger charge is 2.26. The van der Waals surface area contributed by atoms with Gasteiger partial charge >= 0.3 is 0 Å². The molecular formula is C20H21FN6O. The summed E-state index contributed by atoms with van der Waals surface area (Å²) in [7, 11) is 0.